The van der Waals surface area contributed by atoms with E-state index in [4.69, 9.17) is 0 Å². The minimum absolute atomic E-state index is 0.0411. The van der Waals surface area contributed by atoms with Crippen molar-refractivity contribution in [3.63, 3.8) is 0 Å². The number of benzene rings is 2. The first-order valence-electron chi connectivity index (χ1n) is 11.3. The van der Waals surface area contributed by atoms with Gasteiger partial charge in [0.25, 0.3) is 5.91 Å². The first-order chi connectivity index (χ1) is 16.0. The van der Waals surface area contributed by atoms with Gasteiger partial charge in [-0.05, 0) is 49.6 Å². The predicted octanol–water partition coefficient (Wildman–Crippen LogP) is 5.31. The van der Waals surface area contributed by atoms with Crippen molar-refractivity contribution in [3.05, 3.63) is 71.4 Å². The molecule has 168 valence electrons. The second-order valence-electron chi connectivity index (χ2n) is 8.60. The molecule has 0 saturated heterocycles. The topological polar surface area (TPSA) is 86.3 Å². The lowest BCUT2D eigenvalue weighted by molar-refractivity contribution is -0.137. The third-order valence-corrected chi connectivity index (χ3v) is 6.22. The lowest BCUT2D eigenvalue weighted by Gasteiger charge is -2.34. The van der Waals surface area contributed by atoms with Crippen LogP contribution in [0.25, 0.3) is 17.0 Å². The monoisotopic (exact) mass is 441 g/mol. The molecule has 3 aromatic rings. The Bertz CT molecular complexity index is 1240. The highest BCUT2D eigenvalue weighted by molar-refractivity contribution is 6.12. The molecule has 1 amide bonds. The second-order valence-corrected chi connectivity index (χ2v) is 8.60. The molecule has 4 rings (SSSR count). The fourth-order valence-corrected chi connectivity index (χ4v) is 4.67. The number of nitriles is 1. The maximum atomic E-state index is 13.7. The van der Waals surface area contributed by atoms with Crippen molar-refractivity contribution in [2.24, 2.45) is 0 Å². The molecule has 1 aromatic heterocycles. The van der Waals surface area contributed by atoms with Gasteiger partial charge in [-0.15, -0.1) is 0 Å². The zero-order valence-corrected chi connectivity index (χ0v) is 18.7. The van der Waals surface area contributed by atoms with Gasteiger partial charge >= 0.3 is 5.97 Å². The lowest BCUT2D eigenvalue weighted by Crippen LogP contribution is -2.42. The SMILES string of the molecule is Cc1ccc2c(C=C(C#N)C(=O)N(c3ccccc3)C3CCCCC3)cn(CC(=O)O)c2c1. The number of aromatic nitrogens is 1. The summed E-state index contributed by atoms with van der Waals surface area (Å²) in [6.45, 7) is 1.75. The van der Waals surface area contributed by atoms with Crippen LogP contribution in [-0.4, -0.2) is 27.6 Å². The van der Waals surface area contributed by atoms with Crippen molar-refractivity contribution < 1.29 is 14.7 Å². The predicted molar refractivity (Wildman–Crippen MR) is 129 cm³/mol. The molecule has 1 N–H and O–H groups in total. The molecule has 0 spiro atoms. The van der Waals surface area contributed by atoms with E-state index in [-0.39, 0.29) is 24.1 Å². The molecule has 0 bridgehead atoms. The van der Waals surface area contributed by atoms with Gasteiger partial charge in [-0.1, -0.05) is 49.6 Å². The zero-order valence-electron chi connectivity index (χ0n) is 18.7. The molecular weight excluding hydrogens is 414 g/mol. The van der Waals surface area contributed by atoms with E-state index < -0.39 is 5.97 Å². The van der Waals surface area contributed by atoms with Gasteiger partial charge in [0.2, 0.25) is 0 Å². The Morgan fingerprint density at radius 1 is 1.15 bits per heavy atom. The van der Waals surface area contributed by atoms with Gasteiger partial charge in [-0.3, -0.25) is 9.59 Å². The fraction of sp³-hybridized carbons (Fsp3) is 0.296. The largest absolute Gasteiger partial charge is 0.480 e. The Morgan fingerprint density at radius 2 is 1.88 bits per heavy atom. The molecule has 1 aliphatic rings. The fourth-order valence-electron chi connectivity index (χ4n) is 4.67. The van der Waals surface area contributed by atoms with Crippen molar-refractivity contribution in [3.8, 4) is 6.07 Å². The van der Waals surface area contributed by atoms with E-state index in [0.29, 0.717) is 5.56 Å². The van der Waals surface area contributed by atoms with Crippen LogP contribution in [0.2, 0.25) is 0 Å². The summed E-state index contributed by atoms with van der Waals surface area (Å²) in [6.07, 6.45) is 8.42. The first kappa shape index (κ1) is 22.3. The summed E-state index contributed by atoms with van der Waals surface area (Å²) in [5, 5.41) is 20.1. The number of carbonyl (C=O) groups excluding carboxylic acids is 1. The minimum Gasteiger partial charge on any atom is -0.480 e. The molecule has 33 heavy (non-hydrogen) atoms. The normalized spacial score (nSPS) is 14.7. The number of para-hydroxylation sites is 1. The lowest BCUT2D eigenvalue weighted by atomic mass is 9.93. The van der Waals surface area contributed by atoms with E-state index >= 15 is 0 Å². The van der Waals surface area contributed by atoms with Crippen molar-refractivity contribution in [2.75, 3.05) is 4.90 Å². The number of hydrogen-bond donors (Lipinski definition) is 1. The van der Waals surface area contributed by atoms with Crippen LogP contribution in [0.3, 0.4) is 0 Å². The number of carboxylic acid groups (broad SMARTS) is 1. The van der Waals surface area contributed by atoms with Gasteiger partial charge in [0.1, 0.15) is 18.2 Å². The van der Waals surface area contributed by atoms with Crippen LogP contribution in [0, 0.1) is 18.3 Å². The number of aliphatic carboxylic acids is 1. The Labute approximate surface area is 193 Å². The summed E-state index contributed by atoms with van der Waals surface area (Å²) in [5.74, 6) is -1.27. The number of carbonyl (C=O) groups is 2. The summed E-state index contributed by atoms with van der Waals surface area (Å²) < 4.78 is 1.64. The van der Waals surface area contributed by atoms with E-state index in [2.05, 4.69) is 6.07 Å². The van der Waals surface area contributed by atoms with Crippen molar-refractivity contribution in [2.45, 2.75) is 51.6 Å². The number of fused-ring (bicyclic) bond motifs is 1. The number of aryl methyl sites for hydroxylation is 1. The Morgan fingerprint density at radius 3 is 2.55 bits per heavy atom. The number of carboxylic acids is 1. The van der Waals surface area contributed by atoms with Gasteiger partial charge in [-0.2, -0.15) is 5.26 Å². The highest BCUT2D eigenvalue weighted by atomic mass is 16.4. The van der Waals surface area contributed by atoms with Crippen LogP contribution >= 0.6 is 0 Å². The van der Waals surface area contributed by atoms with Crippen molar-refractivity contribution in [1.29, 1.82) is 5.26 Å². The Kier molecular flexibility index (Phi) is 6.60. The molecule has 0 aliphatic heterocycles. The number of amides is 1. The number of rotatable bonds is 6. The van der Waals surface area contributed by atoms with Crippen LogP contribution in [0.4, 0.5) is 5.69 Å². The standard InChI is InChI=1S/C27H27N3O3/c1-19-12-13-24-21(17-29(18-26(31)32)25(24)14-19)15-20(16-28)27(33)30(22-8-4-2-5-9-22)23-10-6-3-7-11-23/h2,4-5,8-9,12-15,17,23H,3,6-7,10-11,18H2,1H3,(H,31,32). The summed E-state index contributed by atoms with van der Waals surface area (Å²) in [5.41, 5.74) is 3.26. The van der Waals surface area contributed by atoms with Crippen LogP contribution in [-0.2, 0) is 16.1 Å². The third kappa shape index (κ3) is 4.83. The molecule has 0 unspecified atom stereocenters. The number of nitrogens with zero attached hydrogens (tertiary/aromatic N) is 3. The van der Waals surface area contributed by atoms with E-state index in [1.54, 1.807) is 21.7 Å². The highest BCUT2D eigenvalue weighted by Gasteiger charge is 2.29. The van der Waals surface area contributed by atoms with Crippen molar-refractivity contribution >= 4 is 34.5 Å². The van der Waals surface area contributed by atoms with Crippen LogP contribution < -0.4 is 4.90 Å². The van der Waals surface area contributed by atoms with E-state index in [0.717, 1.165) is 54.3 Å². The molecule has 1 heterocycles. The summed E-state index contributed by atoms with van der Waals surface area (Å²) in [6, 6.07) is 17.5. The van der Waals surface area contributed by atoms with Gasteiger partial charge in [0, 0.05) is 34.4 Å². The van der Waals surface area contributed by atoms with Crippen LogP contribution in [0.1, 0.15) is 43.2 Å². The Balaban J connectivity index is 1.77. The molecular formula is C27H27N3O3. The summed E-state index contributed by atoms with van der Waals surface area (Å²) in [4.78, 5) is 26.8. The van der Waals surface area contributed by atoms with E-state index in [9.17, 15) is 20.0 Å². The summed E-state index contributed by atoms with van der Waals surface area (Å²) >= 11 is 0. The van der Waals surface area contributed by atoms with Gasteiger partial charge in [0.05, 0.1) is 0 Å². The number of anilines is 1. The van der Waals surface area contributed by atoms with Crippen LogP contribution in [0.5, 0.6) is 0 Å². The maximum Gasteiger partial charge on any atom is 0.323 e. The molecule has 1 fully saturated rings. The molecule has 6 nitrogen and oxygen atoms in total. The molecule has 2 aromatic carbocycles. The smallest absolute Gasteiger partial charge is 0.323 e. The molecule has 0 radical (unpaired) electrons. The van der Waals surface area contributed by atoms with Crippen molar-refractivity contribution in [1.82, 2.24) is 4.57 Å². The van der Waals surface area contributed by atoms with E-state index in [1.807, 2.05) is 55.5 Å². The third-order valence-electron chi connectivity index (χ3n) is 6.22. The number of hydrogen-bond acceptors (Lipinski definition) is 3. The van der Waals surface area contributed by atoms with Crippen LogP contribution in [0.15, 0.2) is 60.3 Å². The van der Waals surface area contributed by atoms with Gasteiger partial charge in [-0.25, -0.2) is 0 Å². The summed E-state index contributed by atoms with van der Waals surface area (Å²) in [7, 11) is 0. The first-order valence-corrected chi connectivity index (χ1v) is 11.3. The average Bonchev–Trinajstić information content (AvgIpc) is 3.14. The van der Waals surface area contributed by atoms with E-state index in [1.165, 1.54) is 0 Å². The molecule has 6 heteroatoms. The zero-order chi connectivity index (χ0) is 23.4. The Hall–Kier alpha value is -3.85. The second kappa shape index (κ2) is 9.74. The minimum atomic E-state index is -0.951. The van der Waals surface area contributed by atoms with Gasteiger partial charge < -0.3 is 14.6 Å². The maximum absolute atomic E-state index is 13.7. The molecule has 1 aliphatic carbocycles. The quantitative estimate of drug-likeness (QED) is 0.415. The highest BCUT2D eigenvalue weighted by Crippen LogP contribution is 2.30. The molecule has 0 atom stereocenters. The molecule has 1 saturated carbocycles. The van der Waals surface area contributed by atoms with Gasteiger partial charge in [0.15, 0.2) is 0 Å². The average molecular weight is 442 g/mol.